The Morgan fingerprint density at radius 2 is 0.664 bits per heavy atom. The van der Waals surface area contributed by atoms with Crippen LogP contribution in [0.25, 0.3) is 0 Å². The number of carbonyl (C=O) groups is 2. The van der Waals surface area contributed by atoms with Crippen molar-refractivity contribution in [1.82, 2.24) is 10.6 Å². The van der Waals surface area contributed by atoms with Gasteiger partial charge in [0.15, 0.2) is 44.0 Å². The molecule has 0 radical (unpaired) electrons. The van der Waals surface area contributed by atoms with E-state index < -0.39 is 279 Å². The molecule has 14 unspecified atom stereocenters. The van der Waals surface area contributed by atoms with Gasteiger partial charge in [-0.25, -0.2) is 0 Å². The van der Waals surface area contributed by atoms with Crippen molar-refractivity contribution < 1.29 is 183 Å². The molecule has 0 aromatic carbocycles. The Bertz CT molecular complexity index is 2940. The number of carbonyl (C=O) groups excluding carboxylic acids is 2. The second kappa shape index (κ2) is 58.2. The molecule has 7 fully saturated rings. The van der Waals surface area contributed by atoms with E-state index in [1.165, 1.54) is 135 Å². The fourth-order valence-electron chi connectivity index (χ4n) is 16.9. The van der Waals surface area contributed by atoms with Crippen molar-refractivity contribution in [1.29, 1.82) is 0 Å². The highest BCUT2D eigenvalue weighted by molar-refractivity contribution is 5.76. The third-order valence-corrected chi connectivity index (χ3v) is 24.6. The van der Waals surface area contributed by atoms with Crippen LogP contribution in [0.2, 0.25) is 0 Å². The molecule has 37 atom stereocenters. The molecule has 0 aliphatic carbocycles. The van der Waals surface area contributed by atoms with Gasteiger partial charge in [-0.1, -0.05) is 192 Å². The number of hydrogen-bond acceptors (Lipinski definition) is 37. The number of nitrogens with one attached hydrogen (secondary N) is 2. The van der Waals surface area contributed by atoms with Crippen LogP contribution in [0.5, 0.6) is 0 Å². The van der Waals surface area contributed by atoms with Gasteiger partial charge in [0.1, 0.15) is 165 Å². The lowest BCUT2D eigenvalue weighted by molar-refractivity contribution is -0.404. The molecule has 23 N–H and O–H groups in total. The maximum atomic E-state index is 13.6. The summed E-state index contributed by atoms with van der Waals surface area (Å²) in [6.07, 6.45) is -25.1. The summed E-state index contributed by atoms with van der Waals surface area (Å²) in [7, 11) is 0. The smallest absolute Gasteiger partial charge is 0.220 e. The second-order valence-electron chi connectivity index (χ2n) is 34.5. The molecule has 39 nitrogen and oxygen atoms in total. The third kappa shape index (κ3) is 33.0. The van der Waals surface area contributed by atoms with Crippen molar-refractivity contribution in [3.05, 3.63) is 24.3 Å². The van der Waals surface area contributed by atoms with E-state index in [9.17, 15) is 117 Å². The summed E-state index contributed by atoms with van der Waals surface area (Å²) in [5.41, 5.74) is 0. The van der Waals surface area contributed by atoms with E-state index in [0.29, 0.717) is 12.8 Å². The minimum absolute atomic E-state index is 0.166. The molecule has 730 valence electrons. The van der Waals surface area contributed by atoms with Crippen molar-refractivity contribution in [3.63, 3.8) is 0 Å². The first-order valence-corrected chi connectivity index (χ1v) is 46.0. The molecular formula is C86H154N2O37. The lowest BCUT2D eigenvalue weighted by Crippen LogP contribution is -2.71. The van der Waals surface area contributed by atoms with Crippen molar-refractivity contribution in [2.75, 3.05) is 46.2 Å². The van der Waals surface area contributed by atoms with Gasteiger partial charge in [0, 0.05) is 13.3 Å². The van der Waals surface area contributed by atoms with Crippen molar-refractivity contribution >= 4 is 11.8 Å². The number of aliphatic hydroxyl groups excluding tert-OH is 21. The summed E-state index contributed by atoms with van der Waals surface area (Å²) in [6.45, 7) is -0.0605. The topological polar surface area (TPSA) is 612 Å². The SMILES string of the molecule is CCCCCCCC/C=C\CCCCCCCCCCCCCC(=O)N[C@@H](CO[C@@H]1OC(CO)[C@@H](O[C@@H]2OC(CO)[C@H](O[C@@H]3OC(CO)[C@H](O)[C@H](O[C@@H]4OC(CO)[C@H](O)[C@H](O[C@@H]5OC(CO)[C@H](O)[C@H](O[C@H]6OC(CO)[C@H](O)[C@H](O)C6O)C5O[C@H]5OC(C)[C@@H](O)C(O)[C@@H]5O)C4NC(C)=O)C3O)[C@H](O)C2O)[C@H](O)C1O)[C@H](O)/C=C/CCCCCCCCCCCCC. The molecular weight excluding hydrogens is 1650 g/mol. The average molecular weight is 1810 g/mol. The Balaban J connectivity index is 0.978. The average Bonchev–Trinajstić information content (AvgIpc) is 0.761. The summed E-state index contributed by atoms with van der Waals surface area (Å²) < 4.78 is 83.5. The van der Waals surface area contributed by atoms with Gasteiger partial charge in [0.05, 0.1) is 64.5 Å². The summed E-state index contributed by atoms with van der Waals surface area (Å²) in [5.74, 6) is -1.29. The zero-order valence-corrected chi connectivity index (χ0v) is 73.2. The molecule has 7 saturated heterocycles. The van der Waals surface area contributed by atoms with E-state index >= 15 is 0 Å². The number of hydrogen-bond donors (Lipinski definition) is 23. The monoisotopic (exact) mass is 1810 g/mol. The number of aliphatic hydroxyl groups is 21. The van der Waals surface area contributed by atoms with Gasteiger partial charge in [0.25, 0.3) is 0 Å². The Morgan fingerprint density at radius 3 is 1.14 bits per heavy atom. The molecule has 0 spiro atoms. The van der Waals surface area contributed by atoms with E-state index in [0.717, 1.165) is 64.7 Å². The largest absolute Gasteiger partial charge is 0.394 e. The van der Waals surface area contributed by atoms with Crippen LogP contribution < -0.4 is 10.6 Å². The van der Waals surface area contributed by atoms with E-state index in [2.05, 4.69) is 36.6 Å². The van der Waals surface area contributed by atoms with Crippen LogP contribution in [0.15, 0.2) is 24.3 Å². The van der Waals surface area contributed by atoms with Gasteiger partial charge >= 0.3 is 0 Å². The van der Waals surface area contributed by atoms with Crippen molar-refractivity contribution in [3.8, 4) is 0 Å². The number of unbranched alkanes of at least 4 members (excludes halogenated alkanes) is 28. The van der Waals surface area contributed by atoms with Crippen LogP contribution in [-0.4, -0.2) is 392 Å². The summed E-state index contributed by atoms with van der Waals surface area (Å²) in [6, 6.07) is -3.02. The molecule has 0 aromatic heterocycles. The van der Waals surface area contributed by atoms with E-state index in [4.69, 9.17) is 66.3 Å². The fourth-order valence-corrected chi connectivity index (χ4v) is 16.9. The first-order valence-electron chi connectivity index (χ1n) is 46.0. The molecule has 125 heavy (non-hydrogen) atoms. The lowest BCUT2D eigenvalue weighted by atomic mass is 9.94. The van der Waals surface area contributed by atoms with Crippen LogP contribution in [0.3, 0.4) is 0 Å². The first-order chi connectivity index (χ1) is 60.1. The molecule has 7 aliphatic rings. The third-order valence-electron chi connectivity index (χ3n) is 24.6. The van der Waals surface area contributed by atoms with Gasteiger partial charge in [-0.15, -0.1) is 0 Å². The normalized spacial score (nSPS) is 38.4. The fraction of sp³-hybridized carbons (Fsp3) is 0.930. The molecule has 7 aliphatic heterocycles. The molecule has 2 amide bonds. The molecule has 39 heteroatoms. The highest BCUT2D eigenvalue weighted by atomic mass is 16.8. The van der Waals surface area contributed by atoms with Gasteiger partial charge in [0.2, 0.25) is 11.8 Å². The Hall–Kier alpha value is -2.98. The minimum Gasteiger partial charge on any atom is -0.394 e. The van der Waals surface area contributed by atoms with Gasteiger partial charge in [-0.3, -0.25) is 9.59 Å². The van der Waals surface area contributed by atoms with Crippen LogP contribution in [0, 0.1) is 0 Å². The zero-order chi connectivity index (χ0) is 91.2. The van der Waals surface area contributed by atoms with E-state index in [-0.39, 0.29) is 12.3 Å². The van der Waals surface area contributed by atoms with Gasteiger partial charge < -0.3 is 184 Å². The Morgan fingerprint density at radius 1 is 0.328 bits per heavy atom. The minimum atomic E-state index is -2.33. The standard InChI is InChI=1S/C86H154N2O37/c1-5-7-9-11-13-15-17-19-20-21-22-23-24-25-26-28-30-32-34-36-38-40-58(97)88-50(51(96)39-37-35-33-31-29-27-18-16-14-12-10-8-6-2)47-112-81-71(109)67(105)74(56(45-93)118-81)120-84-72(110)68(106)75(57(46-94)119-84)121-85-73(111)77(63(101)54(43-91)116-85)123-80-59(87-49(4)95)76(62(100)53(42-90)114-80)122-86-79(125-82-69(107)65(103)60(98)48(3)113-82)78(64(102)55(44-92)117-86)124-83-70(108)66(104)61(99)52(41-89)115-83/h19-20,37,39,48,50-57,59-86,89-94,96,98-111H,5-18,21-36,38,40-47H2,1-4H3,(H,87,95)(H,88,97)/b20-19-,39-37+/t48?,50-,51+,52?,53?,54?,55?,56?,57?,59?,60+,61-,62-,63-,64-,65?,66-,67+,68+,69-,70?,71?,72?,73?,74+,75-,76+,77-,78-,79?,80-,81+,82+,83+,84-,85-,86-/m0/s1. The summed E-state index contributed by atoms with van der Waals surface area (Å²) >= 11 is 0. The molecule has 7 rings (SSSR count). The number of ether oxygens (including phenoxy) is 14. The summed E-state index contributed by atoms with van der Waals surface area (Å²) in [5, 5.41) is 240. The van der Waals surface area contributed by atoms with Crippen LogP contribution in [-0.2, 0) is 75.9 Å². The number of amides is 2. The molecule has 7 heterocycles. The van der Waals surface area contributed by atoms with Gasteiger partial charge in [-0.2, -0.15) is 0 Å². The lowest BCUT2D eigenvalue weighted by Gasteiger charge is -2.51. The van der Waals surface area contributed by atoms with Crippen molar-refractivity contribution in [2.24, 2.45) is 0 Å². The Labute approximate surface area is 733 Å². The zero-order valence-electron chi connectivity index (χ0n) is 73.2. The van der Waals surface area contributed by atoms with Crippen LogP contribution in [0.4, 0.5) is 0 Å². The predicted octanol–water partition coefficient (Wildman–Crippen LogP) is -1.60. The van der Waals surface area contributed by atoms with Crippen LogP contribution in [0.1, 0.15) is 233 Å². The maximum absolute atomic E-state index is 13.6. The molecule has 0 saturated carbocycles. The van der Waals surface area contributed by atoms with Crippen LogP contribution >= 0.6 is 0 Å². The maximum Gasteiger partial charge on any atom is 0.220 e. The predicted molar refractivity (Wildman–Crippen MR) is 441 cm³/mol. The van der Waals surface area contributed by atoms with Gasteiger partial charge in [-0.05, 0) is 51.9 Å². The summed E-state index contributed by atoms with van der Waals surface area (Å²) in [4.78, 5) is 26.9. The molecule has 0 aromatic rings. The number of allylic oxidation sites excluding steroid dienone is 3. The quantitative estimate of drug-likeness (QED) is 0.0241. The second-order valence-corrected chi connectivity index (χ2v) is 34.5. The first kappa shape index (κ1) is 109. The highest BCUT2D eigenvalue weighted by Gasteiger charge is 2.60. The number of rotatable bonds is 58. The Kier molecular flexibility index (Phi) is 50.8. The van der Waals surface area contributed by atoms with E-state index in [1.807, 2.05) is 6.08 Å². The van der Waals surface area contributed by atoms with E-state index in [1.54, 1.807) is 6.08 Å². The highest BCUT2D eigenvalue weighted by Crippen LogP contribution is 2.40. The molecule has 0 bridgehead atoms. The van der Waals surface area contributed by atoms with Crippen molar-refractivity contribution in [2.45, 2.75) is 460 Å².